The number of hydrogen-bond donors (Lipinski definition) is 0. The topological polar surface area (TPSA) is 82.1 Å². The van der Waals surface area contributed by atoms with Gasteiger partial charge in [0.05, 0.1) is 19.2 Å². The molecule has 7 heteroatoms. The van der Waals surface area contributed by atoms with Crippen molar-refractivity contribution in [2.75, 3.05) is 20.7 Å². The van der Waals surface area contributed by atoms with Gasteiger partial charge in [0.1, 0.15) is 5.60 Å². The Labute approximate surface area is 124 Å². The third-order valence-corrected chi connectivity index (χ3v) is 2.29. The predicted octanol–water partition coefficient (Wildman–Crippen LogP) is 1.51. The lowest BCUT2D eigenvalue weighted by atomic mass is 10.1. The van der Waals surface area contributed by atoms with Crippen LogP contribution in [0.3, 0.4) is 0 Å². The lowest BCUT2D eigenvalue weighted by molar-refractivity contribution is -0.147. The molecular formula is C14H23NO6. The average molecular weight is 301 g/mol. The zero-order valence-electron chi connectivity index (χ0n) is 13.4. The number of likely N-dealkylation sites (N-methyl/N-ethyl adjacent to an activating group) is 1. The molecule has 21 heavy (non-hydrogen) atoms. The van der Waals surface area contributed by atoms with Crippen LogP contribution in [0.1, 0.15) is 27.7 Å². The van der Waals surface area contributed by atoms with E-state index in [1.807, 2.05) is 0 Å². The molecule has 0 aliphatic rings. The number of rotatable bonds is 5. The first-order valence-corrected chi connectivity index (χ1v) is 6.36. The first-order chi connectivity index (χ1) is 9.47. The van der Waals surface area contributed by atoms with Gasteiger partial charge in [-0.25, -0.2) is 9.59 Å². The van der Waals surface area contributed by atoms with E-state index >= 15 is 0 Å². The first kappa shape index (κ1) is 18.9. The van der Waals surface area contributed by atoms with Gasteiger partial charge < -0.3 is 19.1 Å². The molecule has 0 heterocycles. The second kappa shape index (κ2) is 7.66. The molecule has 1 atom stereocenters. The van der Waals surface area contributed by atoms with Gasteiger partial charge in [-0.3, -0.25) is 4.79 Å². The van der Waals surface area contributed by atoms with Crippen molar-refractivity contribution in [1.82, 2.24) is 4.90 Å². The number of ether oxygens (including phenoxy) is 3. The highest BCUT2D eigenvalue weighted by Crippen LogP contribution is 2.13. The van der Waals surface area contributed by atoms with E-state index < -0.39 is 29.7 Å². The maximum absolute atomic E-state index is 11.9. The van der Waals surface area contributed by atoms with Crippen molar-refractivity contribution in [1.29, 1.82) is 0 Å². The Balaban J connectivity index is 4.89. The molecule has 0 aromatic heterocycles. The number of carbonyl (C=O) groups excluding carboxylic acids is 3. The van der Waals surface area contributed by atoms with E-state index in [-0.39, 0.29) is 12.1 Å². The summed E-state index contributed by atoms with van der Waals surface area (Å²) in [7, 11) is 2.66. The summed E-state index contributed by atoms with van der Waals surface area (Å²) >= 11 is 0. The molecule has 0 N–H and O–H groups in total. The summed E-state index contributed by atoms with van der Waals surface area (Å²) in [5.41, 5.74) is -0.704. The van der Waals surface area contributed by atoms with Crippen LogP contribution in [0.4, 0.5) is 4.79 Å². The van der Waals surface area contributed by atoms with Gasteiger partial charge >= 0.3 is 18.0 Å². The number of esters is 2. The van der Waals surface area contributed by atoms with Crippen molar-refractivity contribution in [2.45, 2.75) is 39.4 Å². The molecule has 0 aromatic carbocycles. The van der Waals surface area contributed by atoms with Crippen LogP contribution in [0.2, 0.25) is 0 Å². The second-order valence-corrected chi connectivity index (χ2v) is 5.48. The summed E-state index contributed by atoms with van der Waals surface area (Å²) in [5, 5.41) is 0. The van der Waals surface area contributed by atoms with Crippen LogP contribution >= 0.6 is 0 Å². The van der Waals surface area contributed by atoms with Gasteiger partial charge in [-0.05, 0) is 20.8 Å². The Morgan fingerprint density at radius 2 is 1.76 bits per heavy atom. The normalized spacial score (nSPS) is 12.1. The Bertz CT molecular complexity index is 424. The fraction of sp³-hybridized carbons (Fsp3) is 0.643. The molecule has 0 rings (SSSR count). The molecule has 0 bridgehead atoms. The molecule has 0 fully saturated rings. The molecule has 120 valence electrons. The lowest BCUT2D eigenvalue weighted by Gasteiger charge is -2.27. The summed E-state index contributed by atoms with van der Waals surface area (Å²) in [6.45, 7) is 9.86. The minimum absolute atomic E-state index is 0.0527. The number of nitrogens with zero attached hydrogens (tertiary/aromatic N) is 1. The van der Waals surface area contributed by atoms with E-state index in [0.29, 0.717) is 0 Å². The van der Waals surface area contributed by atoms with Gasteiger partial charge in [0.25, 0.3) is 0 Å². The van der Waals surface area contributed by atoms with Crippen LogP contribution in [0.5, 0.6) is 0 Å². The quantitative estimate of drug-likeness (QED) is 0.435. The summed E-state index contributed by atoms with van der Waals surface area (Å²) in [4.78, 5) is 35.6. The third-order valence-electron chi connectivity index (χ3n) is 2.29. The van der Waals surface area contributed by atoms with Gasteiger partial charge in [-0.1, -0.05) is 6.58 Å². The average Bonchev–Trinajstić information content (AvgIpc) is 2.33. The van der Waals surface area contributed by atoms with E-state index in [4.69, 9.17) is 9.47 Å². The van der Waals surface area contributed by atoms with Crippen LogP contribution in [-0.4, -0.2) is 55.3 Å². The second-order valence-electron chi connectivity index (χ2n) is 5.48. The van der Waals surface area contributed by atoms with Crippen LogP contribution in [0.15, 0.2) is 12.2 Å². The van der Waals surface area contributed by atoms with Crippen LogP contribution in [0, 0.1) is 0 Å². The molecule has 0 saturated heterocycles. The lowest BCUT2D eigenvalue weighted by Crippen LogP contribution is -2.41. The Kier molecular flexibility index (Phi) is 6.91. The van der Waals surface area contributed by atoms with Crippen molar-refractivity contribution in [3.8, 4) is 0 Å². The van der Waals surface area contributed by atoms with Crippen molar-refractivity contribution in [2.24, 2.45) is 0 Å². The number of carbonyl (C=O) groups is 3. The molecule has 0 radical (unpaired) electrons. The molecule has 1 unspecified atom stereocenters. The molecular weight excluding hydrogens is 278 g/mol. The van der Waals surface area contributed by atoms with Gasteiger partial charge in [0.15, 0.2) is 6.10 Å². The van der Waals surface area contributed by atoms with E-state index in [0.717, 1.165) is 0 Å². The van der Waals surface area contributed by atoms with Gasteiger partial charge in [0, 0.05) is 14.0 Å². The molecule has 0 aliphatic carbocycles. The van der Waals surface area contributed by atoms with E-state index in [2.05, 4.69) is 11.3 Å². The standard InChI is InChI=1S/C14H23NO6/c1-9(12(17)19-7)11(20-10(2)16)8-15(6)13(18)21-14(3,4)5/h11H,1,8H2,2-7H3. The molecule has 0 spiro atoms. The fourth-order valence-corrected chi connectivity index (χ4v) is 1.34. The highest BCUT2D eigenvalue weighted by molar-refractivity contribution is 5.89. The Hall–Kier alpha value is -2.05. The number of methoxy groups -OCH3 is 1. The molecule has 1 amide bonds. The van der Waals surface area contributed by atoms with Crippen LogP contribution in [0.25, 0.3) is 0 Å². The van der Waals surface area contributed by atoms with Crippen molar-refractivity contribution >= 4 is 18.0 Å². The number of amides is 1. The largest absolute Gasteiger partial charge is 0.466 e. The zero-order chi connectivity index (χ0) is 16.8. The number of hydrogen-bond acceptors (Lipinski definition) is 6. The van der Waals surface area contributed by atoms with Crippen molar-refractivity contribution in [3.63, 3.8) is 0 Å². The maximum atomic E-state index is 11.9. The summed E-state index contributed by atoms with van der Waals surface area (Å²) < 4.78 is 14.7. The monoisotopic (exact) mass is 301 g/mol. The minimum atomic E-state index is -0.993. The van der Waals surface area contributed by atoms with E-state index in [1.54, 1.807) is 20.8 Å². The van der Waals surface area contributed by atoms with Gasteiger partial charge in [-0.2, -0.15) is 0 Å². The molecule has 7 nitrogen and oxygen atoms in total. The van der Waals surface area contributed by atoms with Gasteiger partial charge in [-0.15, -0.1) is 0 Å². The summed E-state index contributed by atoms with van der Waals surface area (Å²) in [6.07, 6.45) is -1.59. The highest BCUT2D eigenvalue weighted by atomic mass is 16.6. The highest BCUT2D eigenvalue weighted by Gasteiger charge is 2.27. The van der Waals surface area contributed by atoms with Crippen molar-refractivity contribution in [3.05, 3.63) is 12.2 Å². The molecule has 0 saturated carbocycles. The zero-order valence-corrected chi connectivity index (χ0v) is 13.4. The third kappa shape index (κ3) is 7.34. The maximum Gasteiger partial charge on any atom is 0.410 e. The van der Waals surface area contributed by atoms with Crippen molar-refractivity contribution < 1.29 is 28.6 Å². The van der Waals surface area contributed by atoms with Crippen LogP contribution < -0.4 is 0 Å². The Morgan fingerprint density at radius 3 is 2.14 bits per heavy atom. The summed E-state index contributed by atoms with van der Waals surface area (Å²) in [5.74, 6) is -1.30. The summed E-state index contributed by atoms with van der Waals surface area (Å²) in [6, 6.07) is 0. The molecule has 0 aromatic rings. The SMILES string of the molecule is C=C(C(=O)OC)C(CN(C)C(=O)OC(C)(C)C)OC(C)=O. The van der Waals surface area contributed by atoms with Gasteiger partial charge in [0.2, 0.25) is 0 Å². The smallest absolute Gasteiger partial charge is 0.410 e. The van der Waals surface area contributed by atoms with E-state index in [1.165, 1.54) is 26.0 Å². The minimum Gasteiger partial charge on any atom is -0.466 e. The van der Waals surface area contributed by atoms with E-state index in [9.17, 15) is 14.4 Å². The predicted molar refractivity (Wildman–Crippen MR) is 75.6 cm³/mol. The van der Waals surface area contributed by atoms with Crippen LogP contribution in [-0.2, 0) is 23.8 Å². The molecule has 0 aliphatic heterocycles. The Morgan fingerprint density at radius 1 is 1.24 bits per heavy atom. The fourth-order valence-electron chi connectivity index (χ4n) is 1.34. The first-order valence-electron chi connectivity index (χ1n) is 6.36.